The largest absolute Gasteiger partial charge is 0.416 e. The molecule has 2 aromatic rings. The molecule has 2 aromatic carbocycles. The minimum absolute atomic E-state index is 0.353. The Morgan fingerprint density at radius 1 is 1.10 bits per heavy atom. The third-order valence-corrected chi connectivity index (χ3v) is 3.67. The first-order chi connectivity index (χ1) is 9.77. The third kappa shape index (κ3) is 3.97. The number of alkyl halides is 3. The molecule has 0 fully saturated rings. The van der Waals surface area contributed by atoms with Crippen molar-refractivity contribution >= 4 is 21.6 Å². The van der Waals surface area contributed by atoms with Crippen molar-refractivity contribution in [3.05, 3.63) is 63.9 Å². The van der Waals surface area contributed by atoms with Gasteiger partial charge in [0.1, 0.15) is 5.82 Å². The normalized spacial score (nSPS) is 13.0. The summed E-state index contributed by atoms with van der Waals surface area (Å²) in [6.07, 6.45) is -4.37. The standard InChI is InChI=1S/C15H12BrF4N/c1-9(21-14-6-5-12(17)8-13(14)16)10-3-2-4-11(7-10)15(18,19)20/h2-9,21H,1H3. The Hall–Kier alpha value is -1.56. The second-order valence-corrected chi connectivity index (χ2v) is 5.47. The molecular formula is C15H12BrF4N. The van der Waals surface area contributed by atoms with Crippen molar-refractivity contribution in [1.29, 1.82) is 0 Å². The molecule has 1 atom stereocenters. The lowest BCUT2D eigenvalue weighted by Gasteiger charge is -2.18. The van der Waals surface area contributed by atoms with Gasteiger partial charge in [-0.15, -0.1) is 0 Å². The zero-order chi connectivity index (χ0) is 15.6. The van der Waals surface area contributed by atoms with E-state index < -0.39 is 11.7 Å². The van der Waals surface area contributed by atoms with E-state index in [1.807, 2.05) is 0 Å². The Kier molecular flexibility index (Phi) is 4.56. The first kappa shape index (κ1) is 15.8. The number of hydrogen-bond donors (Lipinski definition) is 1. The maximum Gasteiger partial charge on any atom is 0.416 e. The maximum absolute atomic E-state index is 13.0. The Morgan fingerprint density at radius 2 is 1.81 bits per heavy atom. The van der Waals surface area contributed by atoms with Crippen LogP contribution in [0.15, 0.2) is 46.9 Å². The molecule has 0 heterocycles. The highest BCUT2D eigenvalue weighted by atomic mass is 79.9. The summed E-state index contributed by atoms with van der Waals surface area (Å²) in [7, 11) is 0. The van der Waals surface area contributed by atoms with E-state index in [1.54, 1.807) is 13.0 Å². The van der Waals surface area contributed by atoms with Gasteiger partial charge in [0.15, 0.2) is 0 Å². The number of halogens is 5. The lowest BCUT2D eigenvalue weighted by atomic mass is 10.0. The second-order valence-electron chi connectivity index (χ2n) is 4.61. The number of hydrogen-bond acceptors (Lipinski definition) is 1. The van der Waals surface area contributed by atoms with Gasteiger partial charge in [-0.2, -0.15) is 13.2 Å². The van der Waals surface area contributed by atoms with Gasteiger partial charge in [0, 0.05) is 16.2 Å². The summed E-state index contributed by atoms with van der Waals surface area (Å²) in [6, 6.07) is 8.88. The predicted octanol–water partition coefficient (Wildman–Crippen LogP) is 5.78. The smallest absolute Gasteiger partial charge is 0.378 e. The molecule has 112 valence electrons. The van der Waals surface area contributed by atoms with Crippen LogP contribution in [0.5, 0.6) is 0 Å². The summed E-state index contributed by atoms with van der Waals surface area (Å²) in [6.45, 7) is 1.74. The van der Waals surface area contributed by atoms with E-state index >= 15 is 0 Å². The van der Waals surface area contributed by atoms with Crippen LogP contribution in [-0.2, 0) is 6.18 Å². The van der Waals surface area contributed by atoms with Gasteiger partial charge in [-0.3, -0.25) is 0 Å². The molecule has 1 N–H and O–H groups in total. The fraction of sp³-hybridized carbons (Fsp3) is 0.200. The monoisotopic (exact) mass is 361 g/mol. The van der Waals surface area contributed by atoms with E-state index in [-0.39, 0.29) is 11.9 Å². The molecule has 2 rings (SSSR count). The van der Waals surface area contributed by atoms with Gasteiger partial charge >= 0.3 is 6.18 Å². The molecule has 0 amide bonds. The first-order valence-corrected chi connectivity index (χ1v) is 6.95. The van der Waals surface area contributed by atoms with E-state index in [0.29, 0.717) is 15.7 Å². The van der Waals surface area contributed by atoms with Crippen LogP contribution in [0, 0.1) is 5.82 Å². The second kappa shape index (κ2) is 6.05. The van der Waals surface area contributed by atoms with Gasteiger partial charge in [-0.1, -0.05) is 12.1 Å². The molecule has 0 aliphatic rings. The molecule has 0 radical (unpaired) electrons. The molecule has 0 aliphatic heterocycles. The number of anilines is 1. The van der Waals surface area contributed by atoms with Gasteiger partial charge in [0.25, 0.3) is 0 Å². The van der Waals surface area contributed by atoms with Crippen LogP contribution in [0.4, 0.5) is 23.2 Å². The van der Waals surface area contributed by atoms with Crippen molar-refractivity contribution in [3.63, 3.8) is 0 Å². The molecule has 0 bridgehead atoms. The zero-order valence-electron chi connectivity index (χ0n) is 11.0. The van der Waals surface area contributed by atoms with Crippen molar-refractivity contribution in [2.75, 3.05) is 5.32 Å². The lowest BCUT2D eigenvalue weighted by molar-refractivity contribution is -0.137. The molecule has 6 heteroatoms. The van der Waals surface area contributed by atoms with Crippen molar-refractivity contribution in [2.24, 2.45) is 0 Å². The van der Waals surface area contributed by atoms with E-state index in [9.17, 15) is 17.6 Å². The molecule has 0 spiro atoms. The Balaban J connectivity index is 2.22. The van der Waals surface area contributed by atoms with E-state index in [0.717, 1.165) is 12.1 Å². The molecule has 0 aliphatic carbocycles. The zero-order valence-corrected chi connectivity index (χ0v) is 12.6. The molecular weight excluding hydrogens is 350 g/mol. The minimum atomic E-state index is -4.37. The van der Waals surface area contributed by atoms with Crippen LogP contribution in [-0.4, -0.2) is 0 Å². The van der Waals surface area contributed by atoms with Crippen molar-refractivity contribution < 1.29 is 17.6 Å². The predicted molar refractivity (Wildman–Crippen MR) is 77.6 cm³/mol. The number of benzene rings is 2. The molecule has 1 nitrogen and oxygen atoms in total. The van der Waals surface area contributed by atoms with Gasteiger partial charge < -0.3 is 5.32 Å². The van der Waals surface area contributed by atoms with Gasteiger partial charge in [0.05, 0.1) is 5.56 Å². The quantitative estimate of drug-likeness (QED) is 0.683. The number of rotatable bonds is 3. The summed E-state index contributed by atoms with van der Waals surface area (Å²) in [5, 5.41) is 3.05. The maximum atomic E-state index is 13.0. The Morgan fingerprint density at radius 3 is 2.43 bits per heavy atom. The molecule has 0 saturated carbocycles. The summed E-state index contributed by atoms with van der Waals surface area (Å²) in [5.74, 6) is -0.390. The topological polar surface area (TPSA) is 12.0 Å². The minimum Gasteiger partial charge on any atom is -0.378 e. The van der Waals surface area contributed by atoms with Gasteiger partial charge in [-0.25, -0.2) is 4.39 Å². The third-order valence-electron chi connectivity index (χ3n) is 3.02. The molecule has 0 saturated heterocycles. The van der Waals surface area contributed by atoms with E-state index in [2.05, 4.69) is 21.2 Å². The molecule has 21 heavy (non-hydrogen) atoms. The van der Waals surface area contributed by atoms with Crippen molar-refractivity contribution in [2.45, 2.75) is 19.1 Å². The Labute approximate surface area is 128 Å². The Bertz CT molecular complexity index is 640. The van der Waals surface area contributed by atoms with Crippen LogP contribution in [0.3, 0.4) is 0 Å². The summed E-state index contributed by atoms with van der Waals surface area (Å²) < 4.78 is 51.6. The molecule has 0 aromatic heterocycles. The SMILES string of the molecule is CC(Nc1ccc(F)cc1Br)c1cccc(C(F)(F)F)c1. The summed E-state index contributed by atoms with van der Waals surface area (Å²) in [4.78, 5) is 0. The van der Waals surface area contributed by atoms with Crippen molar-refractivity contribution in [1.82, 2.24) is 0 Å². The van der Waals surface area contributed by atoms with Crippen LogP contribution >= 0.6 is 15.9 Å². The van der Waals surface area contributed by atoms with E-state index in [1.165, 1.54) is 24.3 Å². The van der Waals surface area contributed by atoms with E-state index in [4.69, 9.17) is 0 Å². The lowest BCUT2D eigenvalue weighted by Crippen LogP contribution is -2.10. The highest BCUT2D eigenvalue weighted by Gasteiger charge is 2.30. The fourth-order valence-corrected chi connectivity index (χ4v) is 2.37. The highest BCUT2D eigenvalue weighted by Crippen LogP contribution is 2.32. The van der Waals surface area contributed by atoms with Gasteiger partial charge in [0.2, 0.25) is 0 Å². The molecule has 1 unspecified atom stereocenters. The average molecular weight is 362 g/mol. The highest BCUT2D eigenvalue weighted by molar-refractivity contribution is 9.10. The van der Waals surface area contributed by atoms with Crippen LogP contribution in [0.1, 0.15) is 24.1 Å². The first-order valence-electron chi connectivity index (χ1n) is 6.16. The van der Waals surface area contributed by atoms with Crippen LogP contribution in [0.2, 0.25) is 0 Å². The number of nitrogens with one attached hydrogen (secondary N) is 1. The van der Waals surface area contributed by atoms with Crippen LogP contribution < -0.4 is 5.32 Å². The van der Waals surface area contributed by atoms with Crippen molar-refractivity contribution in [3.8, 4) is 0 Å². The fourth-order valence-electron chi connectivity index (χ4n) is 1.91. The summed E-state index contributed by atoms with van der Waals surface area (Å²) >= 11 is 3.21. The van der Waals surface area contributed by atoms with Gasteiger partial charge in [-0.05, 0) is 58.7 Å². The average Bonchev–Trinajstić information content (AvgIpc) is 2.41. The summed E-state index contributed by atoms with van der Waals surface area (Å²) in [5.41, 5.74) is 0.425. The van der Waals surface area contributed by atoms with Crippen LogP contribution in [0.25, 0.3) is 0 Å².